The molecule has 1 amide bonds. The number of sulfonamides is 1. The van der Waals surface area contributed by atoms with Crippen molar-refractivity contribution in [2.24, 2.45) is 0 Å². The first-order valence-electron chi connectivity index (χ1n) is 10.1. The van der Waals surface area contributed by atoms with Gasteiger partial charge in [-0.05, 0) is 55.3 Å². The minimum atomic E-state index is -3.56. The number of rotatable bonds is 9. The topological polar surface area (TPSA) is 115 Å². The van der Waals surface area contributed by atoms with Crippen molar-refractivity contribution in [3.63, 3.8) is 0 Å². The van der Waals surface area contributed by atoms with Gasteiger partial charge in [0, 0.05) is 18.8 Å². The van der Waals surface area contributed by atoms with Crippen molar-refractivity contribution in [2.45, 2.75) is 29.6 Å². The number of hydrogen-bond acceptors (Lipinski definition) is 8. The van der Waals surface area contributed by atoms with E-state index in [4.69, 9.17) is 9.15 Å². The molecule has 33 heavy (non-hydrogen) atoms. The summed E-state index contributed by atoms with van der Waals surface area (Å²) in [4.78, 5) is 12.5. The number of nitrogens with one attached hydrogen (secondary N) is 1. The van der Waals surface area contributed by atoms with Crippen LogP contribution >= 0.6 is 11.8 Å². The molecule has 1 fully saturated rings. The Kier molecular flexibility index (Phi) is 7.26. The van der Waals surface area contributed by atoms with E-state index in [0.717, 1.165) is 24.6 Å². The van der Waals surface area contributed by atoms with Gasteiger partial charge in [-0.1, -0.05) is 17.8 Å². The number of carbonyl (C=O) groups is 1. The second-order valence-corrected chi connectivity index (χ2v) is 10.0. The number of ether oxygens (including phenoxy) is 1. The third kappa shape index (κ3) is 6.09. The summed E-state index contributed by atoms with van der Waals surface area (Å²) in [5.74, 6) is -0.0573. The van der Waals surface area contributed by atoms with Gasteiger partial charge in [-0.25, -0.2) is 12.8 Å². The highest BCUT2D eigenvalue weighted by Crippen LogP contribution is 2.24. The molecule has 2 aromatic carbocycles. The van der Waals surface area contributed by atoms with Gasteiger partial charge in [0.15, 0.2) is 6.61 Å². The van der Waals surface area contributed by atoms with Crippen LogP contribution in [0.3, 0.4) is 0 Å². The maximum absolute atomic E-state index is 12.9. The second-order valence-electron chi connectivity index (χ2n) is 7.18. The van der Waals surface area contributed by atoms with Crippen LogP contribution in [0.4, 0.5) is 10.1 Å². The average Bonchev–Trinajstić information content (AvgIpc) is 3.50. The Morgan fingerprint density at radius 3 is 2.67 bits per heavy atom. The predicted molar refractivity (Wildman–Crippen MR) is 119 cm³/mol. The quantitative estimate of drug-likeness (QED) is 0.453. The Morgan fingerprint density at radius 1 is 1.15 bits per heavy atom. The summed E-state index contributed by atoms with van der Waals surface area (Å²) in [6.07, 6.45) is 1.70. The van der Waals surface area contributed by atoms with E-state index in [1.807, 2.05) is 0 Å². The van der Waals surface area contributed by atoms with Crippen molar-refractivity contribution < 1.29 is 26.8 Å². The van der Waals surface area contributed by atoms with Crippen molar-refractivity contribution in [3.8, 4) is 5.75 Å². The van der Waals surface area contributed by atoms with Gasteiger partial charge in [0.2, 0.25) is 15.9 Å². The molecule has 0 atom stereocenters. The molecule has 3 aromatic rings. The zero-order valence-corrected chi connectivity index (χ0v) is 19.1. The maximum Gasteiger partial charge on any atom is 0.277 e. The van der Waals surface area contributed by atoms with Gasteiger partial charge in [-0.3, -0.25) is 4.79 Å². The molecule has 0 aliphatic carbocycles. The Morgan fingerprint density at radius 2 is 1.91 bits per heavy atom. The zero-order valence-electron chi connectivity index (χ0n) is 17.4. The number of hydrogen-bond donors (Lipinski definition) is 1. The zero-order chi connectivity index (χ0) is 23.3. The van der Waals surface area contributed by atoms with Crippen molar-refractivity contribution in [3.05, 3.63) is 60.2 Å². The smallest absolute Gasteiger partial charge is 0.277 e. The number of benzene rings is 2. The molecule has 2 heterocycles. The van der Waals surface area contributed by atoms with Gasteiger partial charge in [0.25, 0.3) is 11.1 Å². The fourth-order valence-corrected chi connectivity index (χ4v) is 5.31. The maximum atomic E-state index is 12.9. The lowest BCUT2D eigenvalue weighted by Crippen LogP contribution is -2.28. The molecular weight excluding hydrogens is 471 g/mol. The van der Waals surface area contributed by atoms with Crippen molar-refractivity contribution in [1.82, 2.24) is 14.5 Å². The molecule has 0 saturated carbocycles. The Labute approximate surface area is 194 Å². The largest absolute Gasteiger partial charge is 0.484 e. The third-order valence-electron chi connectivity index (χ3n) is 4.77. The summed E-state index contributed by atoms with van der Waals surface area (Å²) in [6.45, 7) is 1.02. The average molecular weight is 493 g/mol. The molecule has 4 rings (SSSR count). The van der Waals surface area contributed by atoms with E-state index in [1.165, 1.54) is 40.7 Å². The molecule has 1 aliphatic rings. The lowest BCUT2D eigenvalue weighted by molar-refractivity contribution is -0.113. The van der Waals surface area contributed by atoms with E-state index in [0.29, 0.717) is 24.5 Å². The molecule has 174 valence electrons. The Balaban J connectivity index is 1.28. The molecule has 1 saturated heterocycles. The van der Waals surface area contributed by atoms with E-state index in [2.05, 4.69) is 15.5 Å². The number of aromatic nitrogens is 2. The van der Waals surface area contributed by atoms with Crippen LogP contribution < -0.4 is 10.1 Å². The number of amides is 1. The van der Waals surface area contributed by atoms with Crippen LogP contribution in [0.1, 0.15) is 18.7 Å². The summed E-state index contributed by atoms with van der Waals surface area (Å²) in [7, 11) is -3.56. The van der Waals surface area contributed by atoms with Crippen LogP contribution in [-0.2, 0) is 21.4 Å². The first kappa shape index (κ1) is 23.2. The molecule has 0 radical (unpaired) electrons. The molecule has 12 heteroatoms. The monoisotopic (exact) mass is 492 g/mol. The SMILES string of the molecule is O=C(CSc1nnc(COc2ccc(F)cc2)o1)Nc1cccc(S(=O)(=O)N2CCCC2)c1. The van der Waals surface area contributed by atoms with Crippen LogP contribution in [-0.4, -0.2) is 47.7 Å². The third-order valence-corrected chi connectivity index (χ3v) is 7.48. The van der Waals surface area contributed by atoms with Crippen molar-refractivity contribution in [1.29, 1.82) is 0 Å². The van der Waals surface area contributed by atoms with Crippen LogP contribution in [0.5, 0.6) is 5.75 Å². The molecule has 0 bridgehead atoms. The van der Waals surface area contributed by atoms with E-state index in [9.17, 15) is 17.6 Å². The van der Waals surface area contributed by atoms with E-state index in [-0.39, 0.29) is 40.1 Å². The minimum absolute atomic E-state index is 0.00364. The molecule has 1 aliphatic heterocycles. The van der Waals surface area contributed by atoms with Gasteiger partial charge in [-0.15, -0.1) is 10.2 Å². The molecule has 9 nitrogen and oxygen atoms in total. The lowest BCUT2D eigenvalue weighted by atomic mass is 10.3. The number of halogens is 1. The number of thioether (sulfide) groups is 1. The molecule has 1 N–H and O–H groups in total. The number of anilines is 1. The van der Waals surface area contributed by atoms with Crippen LogP contribution in [0.25, 0.3) is 0 Å². The minimum Gasteiger partial charge on any atom is -0.484 e. The highest BCUT2D eigenvalue weighted by atomic mass is 32.2. The van der Waals surface area contributed by atoms with Gasteiger partial charge >= 0.3 is 0 Å². The summed E-state index contributed by atoms with van der Waals surface area (Å²) < 4.78 is 50.6. The van der Waals surface area contributed by atoms with E-state index >= 15 is 0 Å². The predicted octanol–water partition coefficient (Wildman–Crippen LogP) is 3.30. The fourth-order valence-electron chi connectivity index (χ4n) is 3.17. The molecule has 0 unspecified atom stereocenters. The van der Waals surface area contributed by atoms with E-state index in [1.54, 1.807) is 12.1 Å². The number of carbonyl (C=O) groups excluding carboxylic acids is 1. The van der Waals surface area contributed by atoms with Crippen LogP contribution in [0, 0.1) is 5.82 Å². The summed E-state index contributed by atoms with van der Waals surface area (Å²) in [5, 5.41) is 10.6. The molecule has 1 aromatic heterocycles. The summed E-state index contributed by atoms with van der Waals surface area (Å²) in [6, 6.07) is 11.7. The molecule has 0 spiro atoms. The first-order chi connectivity index (χ1) is 15.9. The Bertz CT molecular complexity index is 1210. The van der Waals surface area contributed by atoms with Crippen LogP contribution in [0.15, 0.2) is 63.1 Å². The molecular formula is C21H21FN4O5S2. The lowest BCUT2D eigenvalue weighted by Gasteiger charge is -2.16. The van der Waals surface area contributed by atoms with Crippen molar-refractivity contribution >= 4 is 33.4 Å². The highest BCUT2D eigenvalue weighted by Gasteiger charge is 2.27. The van der Waals surface area contributed by atoms with Gasteiger partial charge in [-0.2, -0.15) is 4.31 Å². The normalized spacial score (nSPS) is 14.3. The summed E-state index contributed by atoms with van der Waals surface area (Å²) >= 11 is 1.04. The van der Waals surface area contributed by atoms with Gasteiger partial charge in [0.05, 0.1) is 10.6 Å². The number of nitrogens with zero attached hydrogens (tertiary/aromatic N) is 3. The Hall–Kier alpha value is -2.96. The second kappa shape index (κ2) is 10.3. The van der Waals surface area contributed by atoms with Gasteiger partial charge in [0.1, 0.15) is 11.6 Å². The van der Waals surface area contributed by atoms with Crippen molar-refractivity contribution in [2.75, 3.05) is 24.2 Å². The fraction of sp³-hybridized carbons (Fsp3) is 0.286. The van der Waals surface area contributed by atoms with E-state index < -0.39 is 10.0 Å². The van der Waals surface area contributed by atoms with Crippen LogP contribution in [0.2, 0.25) is 0 Å². The highest BCUT2D eigenvalue weighted by molar-refractivity contribution is 7.99. The first-order valence-corrected chi connectivity index (χ1v) is 12.6. The standard InChI is InChI=1S/C21H21FN4O5S2/c22-15-6-8-17(9-7-15)30-13-20-24-25-21(31-20)32-14-19(27)23-16-4-3-5-18(12-16)33(28,29)26-10-1-2-11-26/h3-9,12H,1-2,10-11,13-14H2,(H,23,27). The summed E-state index contributed by atoms with van der Waals surface area (Å²) in [5.41, 5.74) is 0.389. The van der Waals surface area contributed by atoms with Gasteiger partial charge < -0.3 is 14.5 Å².